The average Bonchev–Trinajstić information content (AvgIpc) is 2.89. The number of carbonyl (C=O) groups is 1. The van der Waals surface area contributed by atoms with Gasteiger partial charge in [0.15, 0.2) is 0 Å². The quantitative estimate of drug-likeness (QED) is 0.778. The van der Waals surface area contributed by atoms with Gasteiger partial charge in [-0.25, -0.2) is 0 Å². The van der Waals surface area contributed by atoms with Crippen molar-refractivity contribution in [2.24, 2.45) is 5.92 Å². The van der Waals surface area contributed by atoms with Gasteiger partial charge in [0.05, 0.1) is 12.8 Å². The fourth-order valence-corrected chi connectivity index (χ4v) is 1.42. The molecular weight excluding hydrogens is 194 g/mol. The van der Waals surface area contributed by atoms with Crippen molar-refractivity contribution in [3.63, 3.8) is 0 Å². The molecule has 1 heterocycles. The largest absolute Gasteiger partial charge is 0.466 e. The van der Waals surface area contributed by atoms with Gasteiger partial charge in [0.1, 0.15) is 11.4 Å². The van der Waals surface area contributed by atoms with Gasteiger partial charge in [-0.15, -0.1) is 0 Å². The van der Waals surface area contributed by atoms with Crippen molar-refractivity contribution in [2.45, 2.75) is 25.4 Å². The van der Waals surface area contributed by atoms with Gasteiger partial charge in [-0.1, -0.05) is 0 Å². The molecular formula is C11H15NO3. The van der Waals surface area contributed by atoms with E-state index in [9.17, 15) is 9.90 Å². The lowest BCUT2D eigenvalue weighted by Gasteiger charge is -2.21. The maximum absolute atomic E-state index is 11.4. The molecule has 0 spiro atoms. The van der Waals surface area contributed by atoms with Crippen LogP contribution in [0.4, 0.5) is 0 Å². The van der Waals surface area contributed by atoms with E-state index in [1.54, 1.807) is 19.1 Å². The van der Waals surface area contributed by atoms with Crippen LogP contribution in [0.2, 0.25) is 0 Å². The third-order valence-electron chi connectivity index (χ3n) is 2.61. The predicted molar refractivity (Wildman–Crippen MR) is 54.0 cm³/mol. The highest BCUT2D eigenvalue weighted by molar-refractivity contribution is 5.80. The summed E-state index contributed by atoms with van der Waals surface area (Å²) in [6.07, 6.45) is 3.44. The number of furan rings is 1. The number of carbonyl (C=O) groups excluding carboxylic acids is 1. The van der Waals surface area contributed by atoms with Gasteiger partial charge in [-0.05, 0) is 31.9 Å². The zero-order valence-corrected chi connectivity index (χ0v) is 8.69. The summed E-state index contributed by atoms with van der Waals surface area (Å²) >= 11 is 0. The lowest BCUT2D eigenvalue weighted by atomic mass is 10.0. The van der Waals surface area contributed by atoms with E-state index in [0.29, 0.717) is 5.76 Å². The van der Waals surface area contributed by atoms with E-state index < -0.39 is 5.60 Å². The Morgan fingerprint density at radius 2 is 2.47 bits per heavy atom. The molecule has 1 aromatic heterocycles. The van der Waals surface area contributed by atoms with Crippen molar-refractivity contribution in [3.05, 3.63) is 24.2 Å². The zero-order chi connectivity index (χ0) is 10.9. The van der Waals surface area contributed by atoms with Gasteiger partial charge < -0.3 is 14.8 Å². The number of hydrogen-bond acceptors (Lipinski definition) is 3. The van der Waals surface area contributed by atoms with Gasteiger partial charge >= 0.3 is 0 Å². The minimum absolute atomic E-state index is 0.0295. The number of nitrogens with one attached hydrogen (secondary N) is 1. The Morgan fingerprint density at radius 1 is 1.73 bits per heavy atom. The zero-order valence-electron chi connectivity index (χ0n) is 8.69. The minimum atomic E-state index is -1.13. The third kappa shape index (κ3) is 2.39. The highest BCUT2D eigenvalue weighted by atomic mass is 16.4. The van der Waals surface area contributed by atoms with Crippen molar-refractivity contribution in [3.8, 4) is 0 Å². The lowest BCUT2D eigenvalue weighted by Crippen LogP contribution is -2.39. The van der Waals surface area contributed by atoms with Crippen LogP contribution >= 0.6 is 0 Å². The van der Waals surface area contributed by atoms with Crippen LogP contribution in [0.25, 0.3) is 0 Å². The molecule has 0 aromatic carbocycles. The topological polar surface area (TPSA) is 62.5 Å². The summed E-state index contributed by atoms with van der Waals surface area (Å²) in [6.45, 7) is 1.81. The monoisotopic (exact) mass is 209 g/mol. The maximum atomic E-state index is 11.4. The normalized spacial score (nSPS) is 19.6. The van der Waals surface area contributed by atoms with Crippen LogP contribution in [-0.2, 0) is 10.4 Å². The second kappa shape index (κ2) is 3.70. The van der Waals surface area contributed by atoms with E-state index in [1.807, 2.05) is 0 Å². The molecule has 0 saturated heterocycles. The summed E-state index contributed by atoms with van der Waals surface area (Å²) in [5, 5.41) is 12.7. The van der Waals surface area contributed by atoms with E-state index in [0.717, 1.165) is 12.8 Å². The molecule has 15 heavy (non-hydrogen) atoms. The molecule has 1 aliphatic rings. The van der Waals surface area contributed by atoms with Crippen LogP contribution in [-0.4, -0.2) is 17.6 Å². The van der Waals surface area contributed by atoms with Gasteiger partial charge in [-0.2, -0.15) is 0 Å². The Kier molecular flexibility index (Phi) is 2.52. The molecule has 2 N–H and O–H groups in total. The van der Waals surface area contributed by atoms with Crippen LogP contribution in [0.15, 0.2) is 22.8 Å². The van der Waals surface area contributed by atoms with Crippen molar-refractivity contribution in [1.29, 1.82) is 0 Å². The molecule has 0 bridgehead atoms. The summed E-state index contributed by atoms with van der Waals surface area (Å²) in [7, 11) is 0. The summed E-state index contributed by atoms with van der Waals surface area (Å²) in [4.78, 5) is 11.4. The summed E-state index contributed by atoms with van der Waals surface area (Å²) in [6, 6.07) is 3.41. The molecule has 1 atom stereocenters. The van der Waals surface area contributed by atoms with E-state index >= 15 is 0 Å². The number of rotatable bonds is 4. The second-order valence-corrected chi connectivity index (χ2v) is 4.24. The second-order valence-electron chi connectivity index (χ2n) is 4.24. The third-order valence-corrected chi connectivity index (χ3v) is 2.61. The molecule has 82 valence electrons. The molecule has 1 saturated carbocycles. The Morgan fingerprint density at radius 3 is 3.00 bits per heavy atom. The maximum Gasteiger partial charge on any atom is 0.223 e. The van der Waals surface area contributed by atoms with Crippen molar-refractivity contribution >= 4 is 5.91 Å². The van der Waals surface area contributed by atoms with E-state index in [4.69, 9.17) is 4.42 Å². The smallest absolute Gasteiger partial charge is 0.223 e. The Labute approximate surface area is 88.3 Å². The first-order valence-electron chi connectivity index (χ1n) is 5.14. The van der Waals surface area contributed by atoms with E-state index in [-0.39, 0.29) is 18.4 Å². The molecule has 1 unspecified atom stereocenters. The molecule has 0 radical (unpaired) electrons. The fraction of sp³-hybridized carbons (Fsp3) is 0.545. The first kappa shape index (κ1) is 10.2. The molecule has 1 aliphatic carbocycles. The standard InChI is InChI=1S/C11H15NO3/c1-11(14,9-3-2-6-15-9)7-12-10(13)8-4-5-8/h2-3,6,8,14H,4-5,7H2,1H3,(H,12,13). The van der Waals surface area contributed by atoms with Gasteiger partial charge in [0.2, 0.25) is 5.91 Å². The van der Waals surface area contributed by atoms with Crippen LogP contribution in [0, 0.1) is 5.92 Å². The van der Waals surface area contributed by atoms with Crippen LogP contribution in [0.5, 0.6) is 0 Å². The Bertz CT molecular complexity index is 339. The van der Waals surface area contributed by atoms with Crippen LogP contribution in [0.1, 0.15) is 25.5 Å². The molecule has 1 amide bonds. The minimum Gasteiger partial charge on any atom is -0.466 e. The molecule has 1 aromatic rings. The highest BCUT2D eigenvalue weighted by Crippen LogP contribution is 2.29. The first-order chi connectivity index (χ1) is 7.09. The SMILES string of the molecule is CC(O)(CNC(=O)C1CC1)c1ccco1. The Balaban J connectivity index is 1.89. The molecule has 4 nitrogen and oxygen atoms in total. The fourth-order valence-electron chi connectivity index (χ4n) is 1.42. The van der Waals surface area contributed by atoms with Crippen molar-refractivity contribution < 1.29 is 14.3 Å². The molecule has 2 rings (SSSR count). The highest BCUT2D eigenvalue weighted by Gasteiger charge is 2.32. The summed E-state index contributed by atoms with van der Waals surface area (Å²) < 4.78 is 5.11. The molecule has 4 heteroatoms. The summed E-state index contributed by atoms with van der Waals surface area (Å²) in [5.74, 6) is 0.665. The predicted octanol–water partition coefficient (Wildman–Crippen LogP) is 1.01. The number of aliphatic hydroxyl groups is 1. The van der Waals surface area contributed by atoms with E-state index in [2.05, 4.69) is 5.32 Å². The number of hydrogen-bond donors (Lipinski definition) is 2. The average molecular weight is 209 g/mol. The van der Waals surface area contributed by atoms with Crippen LogP contribution in [0.3, 0.4) is 0 Å². The molecule has 0 aliphatic heterocycles. The van der Waals surface area contributed by atoms with E-state index in [1.165, 1.54) is 6.26 Å². The van der Waals surface area contributed by atoms with Crippen LogP contribution < -0.4 is 5.32 Å². The summed E-state index contributed by atoms with van der Waals surface area (Å²) in [5.41, 5.74) is -1.13. The van der Waals surface area contributed by atoms with Gasteiger partial charge in [0, 0.05) is 5.92 Å². The van der Waals surface area contributed by atoms with Crippen molar-refractivity contribution in [1.82, 2.24) is 5.32 Å². The van der Waals surface area contributed by atoms with Crippen molar-refractivity contribution in [2.75, 3.05) is 6.54 Å². The first-order valence-corrected chi connectivity index (χ1v) is 5.14. The lowest BCUT2D eigenvalue weighted by molar-refractivity contribution is -0.123. The number of amides is 1. The van der Waals surface area contributed by atoms with Gasteiger partial charge in [0.25, 0.3) is 0 Å². The Hall–Kier alpha value is -1.29. The van der Waals surface area contributed by atoms with Gasteiger partial charge in [-0.3, -0.25) is 4.79 Å². The molecule has 1 fully saturated rings.